The van der Waals surface area contributed by atoms with Crippen LogP contribution in [0.4, 0.5) is 0 Å². The largest absolute Gasteiger partial charge is 0.394 e. The Morgan fingerprint density at radius 1 is 1.32 bits per heavy atom. The lowest BCUT2D eigenvalue weighted by Crippen LogP contribution is -2.43. The van der Waals surface area contributed by atoms with Gasteiger partial charge in [0, 0.05) is 19.3 Å². The van der Waals surface area contributed by atoms with E-state index in [0.29, 0.717) is 0 Å². The normalized spacial score (nSPS) is 20.5. The molecule has 2 rings (SSSR count). The molecule has 19 heavy (non-hydrogen) atoms. The summed E-state index contributed by atoms with van der Waals surface area (Å²) in [6, 6.07) is 0. The standard InChI is InChI=1S/C9H15N3O5S2/c13-4-1-11-8-9(7-10-11)19(16,17)12-2-5-18(14,15)6-3-12/h7-8,13H,1-6H2. The van der Waals surface area contributed by atoms with E-state index in [9.17, 15) is 16.8 Å². The van der Waals surface area contributed by atoms with Crippen LogP contribution in [0.2, 0.25) is 0 Å². The summed E-state index contributed by atoms with van der Waals surface area (Å²) in [6.45, 7) is 0.0126. The van der Waals surface area contributed by atoms with Crippen molar-refractivity contribution in [3.63, 3.8) is 0 Å². The SMILES string of the molecule is O=S1(=O)CCN(S(=O)(=O)c2cnn(CCO)c2)CC1. The molecule has 0 atom stereocenters. The molecule has 1 saturated heterocycles. The highest BCUT2D eigenvalue weighted by atomic mass is 32.2. The van der Waals surface area contributed by atoms with Crippen LogP contribution < -0.4 is 0 Å². The first kappa shape index (κ1) is 14.4. The molecule has 0 aromatic carbocycles. The molecule has 0 radical (unpaired) electrons. The Morgan fingerprint density at radius 2 is 1.95 bits per heavy atom. The first-order valence-corrected chi connectivity index (χ1v) is 8.95. The maximum atomic E-state index is 12.2. The maximum Gasteiger partial charge on any atom is 0.246 e. The van der Waals surface area contributed by atoms with Crippen molar-refractivity contribution in [2.24, 2.45) is 0 Å². The number of sulfonamides is 1. The van der Waals surface area contributed by atoms with Crippen molar-refractivity contribution in [3.8, 4) is 0 Å². The van der Waals surface area contributed by atoms with E-state index in [1.165, 1.54) is 17.1 Å². The number of rotatable bonds is 4. The summed E-state index contributed by atoms with van der Waals surface area (Å²) in [6.07, 6.45) is 2.53. The van der Waals surface area contributed by atoms with Gasteiger partial charge in [0.05, 0.1) is 30.9 Å². The Labute approximate surface area is 111 Å². The Bertz CT molecular complexity index is 635. The van der Waals surface area contributed by atoms with Crippen LogP contribution >= 0.6 is 0 Å². The van der Waals surface area contributed by atoms with Gasteiger partial charge in [0.15, 0.2) is 9.84 Å². The lowest BCUT2D eigenvalue weighted by Gasteiger charge is -2.25. The molecule has 1 fully saturated rings. The third-order valence-electron chi connectivity index (χ3n) is 2.88. The van der Waals surface area contributed by atoms with Gasteiger partial charge in [0.25, 0.3) is 0 Å². The average Bonchev–Trinajstić information content (AvgIpc) is 2.78. The summed E-state index contributed by atoms with van der Waals surface area (Å²) in [7, 11) is -6.83. The second-order valence-electron chi connectivity index (χ2n) is 4.22. The summed E-state index contributed by atoms with van der Waals surface area (Å²) >= 11 is 0. The predicted octanol–water partition coefficient (Wildman–Crippen LogP) is -1.71. The maximum absolute atomic E-state index is 12.2. The molecule has 10 heteroatoms. The summed E-state index contributed by atoms with van der Waals surface area (Å²) in [5.74, 6) is -0.311. The number of aliphatic hydroxyl groups is 1. The van der Waals surface area contributed by atoms with E-state index in [2.05, 4.69) is 5.10 Å². The minimum absolute atomic E-state index is 0.0141. The molecule has 1 aromatic rings. The van der Waals surface area contributed by atoms with Gasteiger partial charge >= 0.3 is 0 Å². The fourth-order valence-electron chi connectivity index (χ4n) is 1.79. The Kier molecular flexibility index (Phi) is 3.95. The summed E-state index contributed by atoms with van der Waals surface area (Å²) < 4.78 is 49.5. The van der Waals surface area contributed by atoms with E-state index >= 15 is 0 Å². The van der Waals surface area contributed by atoms with Gasteiger partial charge in [-0.25, -0.2) is 16.8 Å². The molecule has 0 aliphatic carbocycles. The molecule has 0 bridgehead atoms. The van der Waals surface area contributed by atoms with Crippen molar-refractivity contribution in [1.29, 1.82) is 0 Å². The molecule has 1 aliphatic rings. The molecule has 1 aliphatic heterocycles. The summed E-state index contributed by atoms with van der Waals surface area (Å²) in [4.78, 5) is 0.0141. The molecule has 0 unspecified atom stereocenters. The molecule has 0 spiro atoms. The van der Waals surface area contributed by atoms with E-state index in [1.54, 1.807) is 0 Å². The van der Waals surface area contributed by atoms with Gasteiger partial charge in [-0.15, -0.1) is 0 Å². The Morgan fingerprint density at radius 3 is 2.53 bits per heavy atom. The van der Waals surface area contributed by atoms with Crippen LogP contribution in [0.1, 0.15) is 0 Å². The third kappa shape index (κ3) is 3.14. The average molecular weight is 309 g/mol. The highest BCUT2D eigenvalue weighted by Crippen LogP contribution is 2.17. The number of sulfone groups is 1. The van der Waals surface area contributed by atoms with Crippen molar-refractivity contribution in [1.82, 2.24) is 14.1 Å². The zero-order chi connectivity index (χ0) is 14.1. The van der Waals surface area contributed by atoms with Gasteiger partial charge in [-0.3, -0.25) is 4.68 Å². The van der Waals surface area contributed by atoms with Gasteiger partial charge in [0.1, 0.15) is 4.90 Å². The lowest BCUT2D eigenvalue weighted by atomic mass is 10.6. The number of hydrogen-bond acceptors (Lipinski definition) is 6. The van der Waals surface area contributed by atoms with E-state index in [0.717, 1.165) is 4.31 Å². The van der Waals surface area contributed by atoms with Crippen LogP contribution in [-0.2, 0) is 26.4 Å². The highest BCUT2D eigenvalue weighted by molar-refractivity contribution is 7.92. The minimum atomic E-state index is -3.71. The second kappa shape index (κ2) is 5.19. The fraction of sp³-hybridized carbons (Fsp3) is 0.667. The third-order valence-corrected chi connectivity index (χ3v) is 6.34. The van der Waals surface area contributed by atoms with Crippen LogP contribution in [0.25, 0.3) is 0 Å². The van der Waals surface area contributed by atoms with Crippen LogP contribution in [0, 0.1) is 0 Å². The monoisotopic (exact) mass is 309 g/mol. The van der Waals surface area contributed by atoms with Gasteiger partial charge in [-0.05, 0) is 0 Å². The Balaban J connectivity index is 2.18. The zero-order valence-corrected chi connectivity index (χ0v) is 11.8. The van der Waals surface area contributed by atoms with Gasteiger partial charge in [-0.2, -0.15) is 9.40 Å². The fourth-order valence-corrected chi connectivity index (χ4v) is 4.62. The van der Waals surface area contributed by atoms with Crippen molar-refractivity contribution < 1.29 is 21.9 Å². The van der Waals surface area contributed by atoms with Crippen molar-refractivity contribution in [3.05, 3.63) is 12.4 Å². The zero-order valence-electron chi connectivity index (χ0n) is 10.1. The number of nitrogens with zero attached hydrogens (tertiary/aromatic N) is 3. The molecule has 1 N–H and O–H groups in total. The number of hydrogen-bond donors (Lipinski definition) is 1. The van der Waals surface area contributed by atoms with Crippen molar-refractivity contribution in [2.75, 3.05) is 31.2 Å². The molecular weight excluding hydrogens is 294 g/mol. The molecule has 0 saturated carbocycles. The highest BCUT2D eigenvalue weighted by Gasteiger charge is 2.31. The lowest BCUT2D eigenvalue weighted by molar-refractivity contribution is 0.269. The smallest absolute Gasteiger partial charge is 0.246 e. The molecule has 1 aromatic heterocycles. The first-order valence-electron chi connectivity index (χ1n) is 5.69. The first-order chi connectivity index (χ1) is 8.85. The van der Waals surface area contributed by atoms with E-state index < -0.39 is 19.9 Å². The van der Waals surface area contributed by atoms with Crippen LogP contribution in [0.5, 0.6) is 0 Å². The van der Waals surface area contributed by atoms with Crippen LogP contribution in [0.3, 0.4) is 0 Å². The molecule has 2 heterocycles. The number of aromatic nitrogens is 2. The molecule has 0 amide bonds. The van der Waals surface area contributed by atoms with Gasteiger partial charge in [-0.1, -0.05) is 0 Å². The summed E-state index contributed by atoms with van der Waals surface area (Å²) in [5.41, 5.74) is 0. The minimum Gasteiger partial charge on any atom is -0.394 e. The van der Waals surface area contributed by atoms with Crippen molar-refractivity contribution >= 4 is 19.9 Å². The molecular formula is C9H15N3O5S2. The van der Waals surface area contributed by atoms with E-state index in [4.69, 9.17) is 5.11 Å². The van der Waals surface area contributed by atoms with Crippen molar-refractivity contribution in [2.45, 2.75) is 11.4 Å². The topological polar surface area (TPSA) is 110 Å². The molecule has 108 valence electrons. The Hall–Kier alpha value is -0.970. The van der Waals surface area contributed by atoms with E-state index in [-0.39, 0.29) is 42.6 Å². The summed E-state index contributed by atoms with van der Waals surface area (Å²) in [5, 5.41) is 12.6. The second-order valence-corrected chi connectivity index (χ2v) is 8.46. The number of aliphatic hydroxyl groups excluding tert-OH is 1. The van der Waals surface area contributed by atoms with Gasteiger partial charge < -0.3 is 5.11 Å². The predicted molar refractivity (Wildman–Crippen MR) is 66.7 cm³/mol. The molecule has 8 nitrogen and oxygen atoms in total. The van der Waals surface area contributed by atoms with E-state index in [1.807, 2.05) is 0 Å². The van der Waals surface area contributed by atoms with Crippen LogP contribution in [0.15, 0.2) is 17.3 Å². The van der Waals surface area contributed by atoms with Crippen LogP contribution in [-0.4, -0.2) is 67.2 Å². The van der Waals surface area contributed by atoms with Gasteiger partial charge in [0.2, 0.25) is 10.0 Å². The quantitative estimate of drug-likeness (QED) is 0.709.